The summed E-state index contributed by atoms with van der Waals surface area (Å²) >= 11 is 5.70. The van der Waals surface area contributed by atoms with Gasteiger partial charge in [-0.3, -0.25) is 0 Å². The molecule has 2 nitrogen and oxygen atoms in total. The Balaban J connectivity index is 2.33. The molecule has 1 aromatic heterocycles. The Labute approximate surface area is 89.9 Å². The van der Waals surface area contributed by atoms with Gasteiger partial charge in [-0.25, -0.2) is 13.8 Å². The Bertz CT molecular complexity index is 451. The number of aromatic amines is 1. The fourth-order valence-corrected chi connectivity index (χ4v) is 1.33. The van der Waals surface area contributed by atoms with Gasteiger partial charge in [-0.15, -0.1) is 0 Å². The summed E-state index contributed by atoms with van der Waals surface area (Å²) in [6.07, 6.45) is -1.40. The van der Waals surface area contributed by atoms with Crippen LogP contribution in [0.1, 0.15) is 12.1 Å². The van der Waals surface area contributed by atoms with Crippen LogP contribution in [-0.4, -0.2) is 9.97 Å². The molecular formula is C10H7ClF2N2. The summed E-state index contributed by atoms with van der Waals surface area (Å²) in [4.78, 5) is 6.40. The highest BCUT2D eigenvalue weighted by atomic mass is 35.5. The fourth-order valence-electron chi connectivity index (χ4n) is 1.20. The zero-order valence-corrected chi connectivity index (χ0v) is 8.30. The van der Waals surface area contributed by atoms with Gasteiger partial charge >= 0.3 is 0 Å². The standard InChI is InChI=1S/C10H7ClF2N2/c11-7-3-1-6(2-4-7)10-14-5-8(15-10)9(12)13/h1-5,9H,(H,14,15). The van der Waals surface area contributed by atoms with Gasteiger partial charge in [-0.1, -0.05) is 11.6 Å². The molecule has 0 radical (unpaired) electrons. The minimum Gasteiger partial charge on any atom is -0.337 e. The molecule has 1 heterocycles. The molecular weight excluding hydrogens is 222 g/mol. The van der Waals surface area contributed by atoms with Crippen molar-refractivity contribution in [3.8, 4) is 11.4 Å². The minimum atomic E-state index is -2.53. The Hall–Kier alpha value is -1.42. The van der Waals surface area contributed by atoms with E-state index in [-0.39, 0.29) is 5.69 Å². The monoisotopic (exact) mass is 228 g/mol. The smallest absolute Gasteiger partial charge is 0.279 e. The first-order valence-corrected chi connectivity index (χ1v) is 4.63. The minimum absolute atomic E-state index is 0.181. The number of alkyl halides is 2. The fraction of sp³-hybridized carbons (Fsp3) is 0.100. The van der Waals surface area contributed by atoms with E-state index in [1.54, 1.807) is 24.3 Å². The average molecular weight is 229 g/mol. The summed E-state index contributed by atoms with van der Waals surface area (Å²) in [6.45, 7) is 0. The van der Waals surface area contributed by atoms with Crippen molar-refractivity contribution in [2.45, 2.75) is 6.43 Å². The second-order valence-corrected chi connectivity index (χ2v) is 3.43. The molecule has 0 aliphatic heterocycles. The molecule has 0 aliphatic rings. The van der Waals surface area contributed by atoms with E-state index >= 15 is 0 Å². The summed E-state index contributed by atoms with van der Waals surface area (Å²) in [6, 6.07) is 6.80. The van der Waals surface area contributed by atoms with Crippen LogP contribution >= 0.6 is 11.6 Å². The quantitative estimate of drug-likeness (QED) is 0.835. The lowest BCUT2D eigenvalue weighted by Gasteiger charge is -1.96. The highest BCUT2D eigenvalue weighted by Crippen LogP contribution is 2.22. The molecule has 5 heteroatoms. The normalized spacial score (nSPS) is 10.9. The van der Waals surface area contributed by atoms with Gasteiger partial charge in [0.25, 0.3) is 6.43 Å². The van der Waals surface area contributed by atoms with E-state index in [1.165, 1.54) is 0 Å². The second kappa shape index (κ2) is 3.98. The van der Waals surface area contributed by atoms with E-state index in [9.17, 15) is 8.78 Å². The van der Waals surface area contributed by atoms with Crippen molar-refractivity contribution in [1.82, 2.24) is 9.97 Å². The SMILES string of the molecule is FC(F)c1cnc(-c2ccc(Cl)cc2)[nH]1. The van der Waals surface area contributed by atoms with Crippen LogP contribution in [0.4, 0.5) is 8.78 Å². The van der Waals surface area contributed by atoms with Crippen LogP contribution in [0.2, 0.25) is 5.02 Å². The Kier molecular flexibility index (Phi) is 2.68. The molecule has 15 heavy (non-hydrogen) atoms. The van der Waals surface area contributed by atoms with Crippen LogP contribution in [0.15, 0.2) is 30.5 Å². The lowest BCUT2D eigenvalue weighted by Crippen LogP contribution is -1.84. The molecule has 0 unspecified atom stereocenters. The van der Waals surface area contributed by atoms with Gasteiger partial charge in [0.15, 0.2) is 0 Å². The molecule has 2 rings (SSSR count). The lowest BCUT2D eigenvalue weighted by atomic mass is 10.2. The number of aromatic nitrogens is 2. The maximum absolute atomic E-state index is 12.3. The molecule has 78 valence electrons. The Morgan fingerprint density at radius 1 is 1.20 bits per heavy atom. The predicted molar refractivity (Wildman–Crippen MR) is 54.0 cm³/mol. The summed E-state index contributed by atoms with van der Waals surface area (Å²) in [7, 11) is 0. The number of nitrogens with zero attached hydrogens (tertiary/aromatic N) is 1. The van der Waals surface area contributed by atoms with Gasteiger partial charge in [0.2, 0.25) is 0 Å². The van der Waals surface area contributed by atoms with Gasteiger partial charge in [-0.2, -0.15) is 0 Å². The van der Waals surface area contributed by atoms with Crippen LogP contribution in [0.5, 0.6) is 0 Å². The first kappa shape index (κ1) is 10.1. The van der Waals surface area contributed by atoms with Gasteiger partial charge in [-0.05, 0) is 24.3 Å². The van der Waals surface area contributed by atoms with Crippen LogP contribution in [0.25, 0.3) is 11.4 Å². The van der Waals surface area contributed by atoms with Gasteiger partial charge in [0.05, 0.1) is 6.20 Å². The molecule has 0 fully saturated rings. The highest BCUT2D eigenvalue weighted by Gasteiger charge is 2.11. The summed E-state index contributed by atoms with van der Waals surface area (Å²) in [5.41, 5.74) is 0.547. The summed E-state index contributed by atoms with van der Waals surface area (Å²) in [5, 5.41) is 0.597. The lowest BCUT2D eigenvalue weighted by molar-refractivity contribution is 0.146. The number of H-pyrrole nitrogens is 1. The van der Waals surface area contributed by atoms with E-state index in [0.717, 1.165) is 11.8 Å². The van der Waals surface area contributed by atoms with Crippen LogP contribution in [-0.2, 0) is 0 Å². The molecule has 0 bridgehead atoms. The molecule has 1 N–H and O–H groups in total. The van der Waals surface area contributed by atoms with Crippen LogP contribution < -0.4 is 0 Å². The van der Waals surface area contributed by atoms with Crippen LogP contribution in [0, 0.1) is 0 Å². The van der Waals surface area contributed by atoms with E-state index in [1.807, 2.05) is 0 Å². The molecule has 0 spiro atoms. The summed E-state index contributed by atoms with van der Waals surface area (Å²) in [5.74, 6) is 0.418. The van der Waals surface area contributed by atoms with E-state index < -0.39 is 6.43 Å². The number of nitrogens with one attached hydrogen (secondary N) is 1. The number of imidazole rings is 1. The number of hydrogen-bond acceptors (Lipinski definition) is 1. The third-order valence-corrected chi connectivity index (χ3v) is 2.20. The van der Waals surface area contributed by atoms with E-state index in [0.29, 0.717) is 10.8 Å². The third kappa shape index (κ3) is 2.15. The zero-order valence-electron chi connectivity index (χ0n) is 7.55. The Morgan fingerprint density at radius 2 is 1.87 bits per heavy atom. The van der Waals surface area contributed by atoms with E-state index in [2.05, 4.69) is 9.97 Å². The topological polar surface area (TPSA) is 28.7 Å². The van der Waals surface area contributed by atoms with Crippen molar-refractivity contribution < 1.29 is 8.78 Å². The molecule has 1 aromatic carbocycles. The molecule has 0 saturated carbocycles. The van der Waals surface area contributed by atoms with Gasteiger partial charge in [0.1, 0.15) is 11.5 Å². The molecule has 0 atom stereocenters. The number of benzene rings is 1. The van der Waals surface area contributed by atoms with Gasteiger partial charge in [0, 0.05) is 10.6 Å². The van der Waals surface area contributed by atoms with Crippen molar-refractivity contribution >= 4 is 11.6 Å². The second-order valence-electron chi connectivity index (χ2n) is 2.99. The highest BCUT2D eigenvalue weighted by molar-refractivity contribution is 6.30. The summed E-state index contributed by atoms with van der Waals surface area (Å²) < 4.78 is 24.5. The largest absolute Gasteiger partial charge is 0.337 e. The average Bonchev–Trinajstić information content (AvgIpc) is 2.68. The van der Waals surface area contributed by atoms with Crippen molar-refractivity contribution in [2.75, 3.05) is 0 Å². The van der Waals surface area contributed by atoms with Crippen molar-refractivity contribution in [1.29, 1.82) is 0 Å². The third-order valence-electron chi connectivity index (χ3n) is 1.95. The molecule has 0 amide bonds. The van der Waals surface area contributed by atoms with Crippen LogP contribution in [0.3, 0.4) is 0 Å². The maximum Gasteiger partial charge on any atom is 0.279 e. The number of rotatable bonds is 2. The first-order chi connectivity index (χ1) is 7.16. The maximum atomic E-state index is 12.3. The predicted octanol–water partition coefficient (Wildman–Crippen LogP) is 3.67. The first-order valence-electron chi connectivity index (χ1n) is 4.26. The zero-order chi connectivity index (χ0) is 10.8. The van der Waals surface area contributed by atoms with Gasteiger partial charge < -0.3 is 4.98 Å². The van der Waals surface area contributed by atoms with Crippen molar-refractivity contribution in [3.63, 3.8) is 0 Å². The molecule has 2 aromatic rings. The molecule has 0 aliphatic carbocycles. The van der Waals surface area contributed by atoms with E-state index in [4.69, 9.17) is 11.6 Å². The molecule has 0 saturated heterocycles. The Morgan fingerprint density at radius 3 is 2.40 bits per heavy atom. The van der Waals surface area contributed by atoms with Crippen molar-refractivity contribution in [3.05, 3.63) is 41.2 Å². The number of halogens is 3. The number of hydrogen-bond donors (Lipinski definition) is 1. The van der Waals surface area contributed by atoms with Crippen molar-refractivity contribution in [2.24, 2.45) is 0 Å².